The number of hydrogen-bond acceptors (Lipinski definition) is 12. The normalized spacial score (nSPS) is 9.03. The van der Waals surface area contributed by atoms with Crippen molar-refractivity contribution in [1.82, 2.24) is 19.9 Å². The molecule has 9 aromatic rings. The molecule has 0 spiro atoms. The number of carbonyl (C=O) groups is 2. The minimum atomic E-state index is -0.907. The summed E-state index contributed by atoms with van der Waals surface area (Å²) in [7, 11) is 11.7. The number of phenols is 1. The van der Waals surface area contributed by atoms with Crippen LogP contribution in [-0.2, 0) is 0 Å². The number of phenolic OH excluding ortho intramolecular Hbond substituents is 1. The summed E-state index contributed by atoms with van der Waals surface area (Å²) in [4.78, 5) is 49.7. The number of aliphatic imine (C=N–C) groups is 1. The number of hydrogen-bond donors (Lipinski definition) is 4. The number of rotatable bonds is 8. The smallest absolute Gasteiger partial charge is 0.335 e. The predicted molar refractivity (Wildman–Crippen MR) is 382 cm³/mol. The first-order valence-corrected chi connectivity index (χ1v) is 30.1. The standard InChI is InChI=1S/C12H16N2O2.C10H8ClNO.C10H9NO2.C9H8N2O.C9H10O3.C8H9BrO.6C2H6.ClH/c1-9-7-10(16-4)5-6-11(9)12(15)13-8-14(2)3;1-13-8-2-3-9-7(6-8)4-5-12-10(9)11;1-13-8-2-3-9-7(6-8)4-5-11-10(9)12;10-9-8-2-1-7(12)5-6(8)3-4-11-9;1-6-5-7(12-2)3-4-8(6)9(10)11;1-6-5-7(10-2)3-4-8(6)9;6*1-2;/h5-8H,1-4H3;2-6H,1H3;2-6H,1H3,(H,11,12);1-5,12H,(H2,10,11);3-5H,1-2H3,(H,10,11);3-5H,1-2H3;6*1-2H3;1H. The Morgan fingerprint density at radius 2 is 0.944 bits per heavy atom. The maximum Gasteiger partial charge on any atom is 0.335 e. The SMILES string of the molecule is CC.CC.CC.CC.CC.CC.COc1ccc(Br)c(C)c1.COc1ccc(C(=O)N=CN(C)C)c(C)c1.COc1ccc(C(=O)O)c(C)c1.COc1ccc2c(=O)[nH]ccc2c1.COc1ccc2c(Cl)nccc2c1.Cl.Nc1nccc2cc(O)ccc12. The van der Waals surface area contributed by atoms with Crippen molar-refractivity contribution in [3.8, 4) is 34.5 Å². The number of benzene rings is 6. The molecule has 0 fully saturated rings. The Balaban J connectivity index is -0.000000471. The molecule has 0 aliphatic heterocycles. The third kappa shape index (κ3) is 31.9. The van der Waals surface area contributed by atoms with Gasteiger partial charge >= 0.3 is 5.97 Å². The van der Waals surface area contributed by atoms with Gasteiger partial charge in [-0.2, -0.15) is 4.99 Å². The van der Waals surface area contributed by atoms with E-state index in [2.05, 4.69) is 35.9 Å². The Morgan fingerprint density at radius 1 is 0.551 bits per heavy atom. The molecule has 0 atom stereocenters. The van der Waals surface area contributed by atoms with E-state index in [-0.39, 0.29) is 29.6 Å². The van der Waals surface area contributed by atoms with Crippen molar-refractivity contribution >= 4 is 96.3 Å². The molecule has 0 saturated heterocycles. The second-order valence-electron chi connectivity index (χ2n) is 16.3. The third-order valence-corrected chi connectivity index (χ3v) is 12.0. The molecule has 16 nitrogen and oxygen atoms in total. The summed E-state index contributed by atoms with van der Waals surface area (Å²) in [6.07, 6.45) is 6.43. The van der Waals surface area contributed by atoms with Crippen molar-refractivity contribution in [1.29, 1.82) is 0 Å². The number of nitrogens with one attached hydrogen (secondary N) is 1. The molecule has 89 heavy (non-hydrogen) atoms. The second kappa shape index (κ2) is 51.6. The zero-order valence-corrected chi connectivity index (χ0v) is 59.3. The highest BCUT2D eigenvalue weighted by atomic mass is 79.9. The Kier molecular flexibility index (Phi) is 50.5. The van der Waals surface area contributed by atoms with Crippen molar-refractivity contribution in [2.75, 3.05) is 55.4 Å². The van der Waals surface area contributed by atoms with Crippen LogP contribution in [0, 0.1) is 20.8 Å². The molecule has 6 aromatic carbocycles. The summed E-state index contributed by atoms with van der Waals surface area (Å²) < 4.78 is 26.3. The summed E-state index contributed by atoms with van der Waals surface area (Å²) in [5, 5.41) is 23.7. The Hall–Kier alpha value is -8.38. The number of aromatic hydroxyl groups is 1. The molecule has 488 valence electrons. The van der Waals surface area contributed by atoms with Crippen LogP contribution in [0.2, 0.25) is 5.15 Å². The highest BCUT2D eigenvalue weighted by Crippen LogP contribution is 2.26. The number of carbonyl (C=O) groups excluding carboxylic acids is 1. The van der Waals surface area contributed by atoms with Crippen LogP contribution in [0.15, 0.2) is 160 Å². The number of halogens is 3. The number of aromatic carboxylic acids is 1. The van der Waals surface area contributed by atoms with Crippen LogP contribution in [0.5, 0.6) is 34.5 Å². The molecule has 19 heteroatoms. The number of pyridine rings is 3. The van der Waals surface area contributed by atoms with Gasteiger partial charge in [0.2, 0.25) is 0 Å². The number of nitrogens with two attached hydrogens (primary N) is 1. The van der Waals surface area contributed by atoms with Crippen LogP contribution in [0.3, 0.4) is 0 Å². The van der Waals surface area contributed by atoms with Crippen molar-refractivity contribution in [2.45, 2.75) is 104 Å². The summed E-state index contributed by atoms with van der Waals surface area (Å²) >= 11 is 9.30. The average molecular weight is 1330 g/mol. The quantitative estimate of drug-likeness (QED) is 0.0632. The van der Waals surface area contributed by atoms with Gasteiger partial charge in [-0.25, -0.2) is 14.8 Å². The molecule has 0 aliphatic carbocycles. The number of aromatic nitrogens is 3. The lowest BCUT2D eigenvalue weighted by molar-refractivity contribution is 0.0695. The minimum Gasteiger partial charge on any atom is -0.508 e. The number of carboxylic acids is 1. The van der Waals surface area contributed by atoms with Crippen LogP contribution >= 0.6 is 39.9 Å². The number of nitrogen functional groups attached to an aromatic ring is 1. The molecular weight excluding hydrogens is 1240 g/mol. The number of aromatic amines is 1. The Bertz CT molecular complexity index is 3490. The molecule has 3 heterocycles. The maximum absolute atomic E-state index is 11.7. The third-order valence-electron chi connectivity index (χ3n) is 10.8. The number of methoxy groups -OCH3 is 5. The van der Waals surface area contributed by atoms with Gasteiger partial charge in [0.15, 0.2) is 0 Å². The summed E-state index contributed by atoms with van der Waals surface area (Å²) in [6.45, 7) is 29.6. The van der Waals surface area contributed by atoms with E-state index in [9.17, 15) is 14.4 Å². The van der Waals surface area contributed by atoms with Gasteiger partial charge < -0.3 is 49.5 Å². The van der Waals surface area contributed by atoms with Gasteiger partial charge in [0.1, 0.15) is 45.5 Å². The predicted octanol–water partition coefficient (Wildman–Crippen LogP) is 18.7. The fourth-order valence-corrected chi connectivity index (χ4v) is 7.19. The molecule has 0 saturated carbocycles. The van der Waals surface area contributed by atoms with Gasteiger partial charge in [-0.3, -0.25) is 9.59 Å². The largest absolute Gasteiger partial charge is 0.508 e. The highest BCUT2D eigenvalue weighted by molar-refractivity contribution is 9.10. The number of H-pyrrole nitrogens is 1. The lowest BCUT2D eigenvalue weighted by Crippen LogP contribution is -2.10. The van der Waals surface area contributed by atoms with Crippen LogP contribution < -0.4 is 35.0 Å². The van der Waals surface area contributed by atoms with Gasteiger partial charge in [-0.1, -0.05) is 111 Å². The first kappa shape index (κ1) is 87.1. The highest BCUT2D eigenvalue weighted by Gasteiger charge is 2.09. The van der Waals surface area contributed by atoms with E-state index < -0.39 is 5.97 Å². The van der Waals surface area contributed by atoms with E-state index in [1.165, 1.54) is 18.0 Å². The van der Waals surface area contributed by atoms with Gasteiger partial charge in [0, 0.05) is 58.9 Å². The van der Waals surface area contributed by atoms with Crippen LogP contribution in [0.4, 0.5) is 5.82 Å². The number of amides is 1. The van der Waals surface area contributed by atoms with Gasteiger partial charge in [-0.15, -0.1) is 12.4 Å². The van der Waals surface area contributed by atoms with Gasteiger partial charge in [0.25, 0.3) is 11.5 Å². The number of ether oxygens (including phenoxy) is 5. The van der Waals surface area contributed by atoms with E-state index in [1.807, 2.05) is 178 Å². The zero-order chi connectivity index (χ0) is 67.9. The van der Waals surface area contributed by atoms with Gasteiger partial charge in [0.05, 0.1) is 47.5 Å². The van der Waals surface area contributed by atoms with E-state index in [4.69, 9.17) is 51.2 Å². The van der Waals surface area contributed by atoms with Crippen molar-refractivity contribution in [3.05, 3.63) is 194 Å². The summed E-state index contributed by atoms with van der Waals surface area (Å²) in [6, 6.07) is 37.7. The molecule has 0 aliphatic rings. The monoisotopic (exact) mass is 1330 g/mol. The molecule has 5 N–H and O–H groups in total. The number of carboxylic acid groups (broad SMARTS) is 1. The topological polar surface area (TPSA) is 221 Å². The molecule has 9 rings (SSSR count). The fraction of sp³-hybridized carbons (Fsp3) is 0.314. The summed E-state index contributed by atoms with van der Waals surface area (Å²) in [5.74, 6) is 3.50. The molecular formula is C70H97BrCl2N6O10. The molecule has 3 aromatic heterocycles. The average Bonchev–Trinajstić information content (AvgIpc) is 2.16. The van der Waals surface area contributed by atoms with E-state index in [1.54, 1.807) is 121 Å². The lowest BCUT2D eigenvalue weighted by Gasteiger charge is -2.05. The lowest BCUT2D eigenvalue weighted by atomic mass is 10.1. The first-order chi connectivity index (χ1) is 42.3. The van der Waals surface area contributed by atoms with Crippen molar-refractivity contribution in [3.63, 3.8) is 0 Å². The zero-order valence-electron chi connectivity index (χ0n) is 56.1. The van der Waals surface area contributed by atoms with Crippen LogP contribution in [0.1, 0.15) is 120 Å². The van der Waals surface area contributed by atoms with Crippen molar-refractivity contribution < 1.29 is 43.5 Å². The second-order valence-corrected chi connectivity index (χ2v) is 17.6. The maximum atomic E-state index is 11.7. The van der Waals surface area contributed by atoms with Crippen LogP contribution in [0.25, 0.3) is 32.3 Å². The molecule has 0 unspecified atom stereocenters. The number of aryl methyl sites for hydroxylation is 3. The van der Waals surface area contributed by atoms with Gasteiger partial charge in [-0.05, 0) is 181 Å². The fourth-order valence-electron chi connectivity index (χ4n) is 6.72. The van der Waals surface area contributed by atoms with E-state index >= 15 is 0 Å². The van der Waals surface area contributed by atoms with Crippen LogP contribution in [-0.4, -0.2) is 97.9 Å². The first-order valence-electron chi connectivity index (χ1n) is 29.0. The minimum absolute atomic E-state index is 0. The summed E-state index contributed by atoms with van der Waals surface area (Å²) in [5.41, 5.74) is 9.22. The Labute approximate surface area is 549 Å². The molecule has 0 bridgehead atoms. The number of nitrogens with zero attached hydrogens (tertiary/aromatic N) is 4. The molecule has 1 amide bonds. The van der Waals surface area contributed by atoms with E-state index in [0.717, 1.165) is 60.0 Å². The Morgan fingerprint density at radius 3 is 1.39 bits per heavy atom. The number of fused-ring (bicyclic) bond motifs is 3. The van der Waals surface area contributed by atoms with Crippen molar-refractivity contribution in [2.24, 2.45) is 4.99 Å². The van der Waals surface area contributed by atoms with E-state index in [0.29, 0.717) is 38.8 Å². The number of anilines is 1. The molecule has 0 radical (unpaired) electrons.